The summed E-state index contributed by atoms with van der Waals surface area (Å²) in [6.07, 6.45) is 7.72. The molecule has 0 unspecified atom stereocenters. The average molecular weight is 370 g/mol. The Labute approximate surface area is 146 Å². The molecule has 21 heavy (non-hydrogen) atoms. The van der Waals surface area contributed by atoms with E-state index in [1.54, 1.807) is 7.11 Å². The standard InChI is InChI=1S/C16H20Cl4O/c1-21-15-8-11-9(7-12(15)16(15,19)20)6-10-4-2-3-5-14(10,11)13(17)18/h10,12-13H,2-8H2,1H3/t10-,12-,14+,15-/m1/s1. The molecule has 0 amide bonds. The van der Waals surface area contributed by atoms with E-state index in [2.05, 4.69) is 0 Å². The molecule has 0 aromatic carbocycles. The summed E-state index contributed by atoms with van der Waals surface area (Å²) in [5.74, 6) is 0.820. The number of hydrogen-bond donors (Lipinski definition) is 0. The van der Waals surface area contributed by atoms with Crippen LogP contribution in [0.15, 0.2) is 11.1 Å². The molecule has 1 nitrogen and oxygen atoms in total. The van der Waals surface area contributed by atoms with Crippen molar-refractivity contribution in [2.75, 3.05) is 7.11 Å². The lowest BCUT2D eigenvalue weighted by atomic mass is 9.65. The third kappa shape index (κ3) is 1.71. The first-order valence-corrected chi connectivity index (χ1v) is 9.45. The highest BCUT2D eigenvalue weighted by molar-refractivity contribution is 6.52. The average Bonchev–Trinajstić information content (AvgIpc) is 2.78. The first-order valence-electron chi connectivity index (χ1n) is 7.82. The third-order valence-electron chi connectivity index (χ3n) is 6.73. The summed E-state index contributed by atoms with van der Waals surface area (Å²) < 4.78 is 5.04. The molecule has 0 aliphatic heterocycles. The molecule has 0 saturated heterocycles. The van der Waals surface area contributed by atoms with E-state index in [0.717, 1.165) is 25.7 Å². The number of halogens is 4. The molecule has 0 aromatic rings. The molecule has 0 radical (unpaired) electrons. The molecular weight excluding hydrogens is 350 g/mol. The van der Waals surface area contributed by atoms with Crippen LogP contribution < -0.4 is 0 Å². The fourth-order valence-corrected chi connectivity index (χ4v) is 7.30. The SMILES string of the molecule is CO[C@]12CC3=C(C[C@H]4CCCC[C@@]34C(Cl)Cl)C[C@H]1C2(Cl)Cl. The highest BCUT2D eigenvalue weighted by Gasteiger charge is 2.79. The fraction of sp³-hybridized carbons (Fsp3) is 0.875. The highest BCUT2D eigenvalue weighted by Crippen LogP contribution is 2.75. The number of fused-ring (bicyclic) bond motifs is 3. The van der Waals surface area contributed by atoms with Crippen LogP contribution in [-0.4, -0.2) is 21.9 Å². The molecule has 4 rings (SSSR count). The van der Waals surface area contributed by atoms with Gasteiger partial charge in [-0.1, -0.05) is 47.2 Å². The Morgan fingerprint density at radius 3 is 2.62 bits per heavy atom. The van der Waals surface area contributed by atoms with Crippen molar-refractivity contribution in [2.24, 2.45) is 17.3 Å². The first-order chi connectivity index (χ1) is 9.90. The van der Waals surface area contributed by atoms with E-state index in [1.165, 1.54) is 30.4 Å². The zero-order chi connectivity index (χ0) is 15.0. The maximum absolute atomic E-state index is 6.53. The van der Waals surface area contributed by atoms with Gasteiger partial charge < -0.3 is 4.74 Å². The van der Waals surface area contributed by atoms with Crippen molar-refractivity contribution in [1.29, 1.82) is 0 Å². The Balaban J connectivity index is 1.75. The molecule has 4 aliphatic rings. The van der Waals surface area contributed by atoms with Gasteiger partial charge in [0.2, 0.25) is 0 Å². The smallest absolute Gasteiger partial charge is 0.153 e. The summed E-state index contributed by atoms with van der Waals surface area (Å²) in [6, 6.07) is 0. The number of allylic oxidation sites excluding steroid dienone is 1. The maximum atomic E-state index is 6.53. The second-order valence-corrected chi connectivity index (χ2v) is 9.70. The van der Waals surface area contributed by atoms with Gasteiger partial charge in [-0.3, -0.25) is 0 Å². The minimum Gasteiger partial charge on any atom is -0.374 e. The third-order valence-corrected chi connectivity index (χ3v) is 8.67. The van der Waals surface area contributed by atoms with E-state index < -0.39 is 9.93 Å². The van der Waals surface area contributed by atoms with Crippen molar-refractivity contribution in [1.82, 2.24) is 0 Å². The molecule has 4 aliphatic carbocycles. The predicted octanol–water partition coefficient (Wildman–Crippen LogP) is 5.65. The van der Waals surface area contributed by atoms with Gasteiger partial charge in [-0.05, 0) is 31.6 Å². The van der Waals surface area contributed by atoms with E-state index in [9.17, 15) is 0 Å². The van der Waals surface area contributed by atoms with Crippen LogP contribution in [0.4, 0.5) is 0 Å². The second kappa shape index (κ2) is 4.70. The number of rotatable bonds is 2. The number of hydrogen-bond acceptors (Lipinski definition) is 1. The van der Waals surface area contributed by atoms with Crippen LogP contribution in [0.3, 0.4) is 0 Å². The summed E-state index contributed by atoms with van der Waals surface area (Å²) >= 11 is 26.1. The van der Waals surface area contributed by atoms with E-state index in [0.29, 0.717) is 5.92 Å². The van der Waals surface area contributed by atoms with Crippen molar-refractivity contribution in [2.45, 2.75) is 59.7 Å². The minimum absolute atomic E-state index is 0.0559. The Hall–Kier alpha value is 0.860. The van der Waals surface area contributed by atoms with Crippen LogP contribution in [0.25, 0.3) is 0 Å². The molecule has 2 saturated carbocycles. The van der Waals surface area contributed by atoms with Crippen molar-refractivity contribution >= 4 is 46.4 Å². The Bertz CT molecular complexity index is 514. The van der Waals surface area contributed by atoms with Crippen molar-refractivity contribution in [3.63, 3.8) is 0 Å². The van der Waals surface area contributed by atoms with Crippen molar-refractivity contribution in [3.05, 3.63) is 11.1 Å². The lowest BCUT2D eigenvalue weighted by Gasteiger charge is -2.44. The van der Waals surface area contributed by atoms with Gasteiger partial charge in [-0.2, -0.15) is 0 Å². The van der Waals surface area contributed by atoms with E-state index >= 15 is 0 Å². The quantitative estimate of drug-likeness (QED) is 0.451. The molecule has 0 spiro atoms. The van der Waals surface area contributed by atoms with E-state index in [1.807, 2.05) is 0 Å². The predicted molar refractivity (Wildman–Crippen MR) is 88.4 cm³/mol. The van der Waals surface area contributed by atoms with Crippen molar-refractivity contribution < 1.29 is 4.74 Å². The van der Waals surface area contributed by atoms with Crippen LogP contribution in [0.1, 0.15) is 44.9 Å². The van der Waals surface area contributed by atoms with Gasteiger partial charge in [0.15, 0.2) is 4.33 Å². The Morgan fingerprint density at radius 2 is 1.95 bits per heavy atom. The van der Waals surface area contributed by atoms with Gasteiger partial charge in [0, 0.05) is 24.9 Å². The first kappa shape index (κ1) is 15.4. The lowest BCUT2D eigenvalue weighted by molar-refractivity contribution is 0.0518. The summed E-state index contributed by atoms with van der Waals surface area (Å²) in [7, 11) is 1.73. The molecule has 0 heterocycles. The van der Waals surface area contributed by atoms with Gasteiger partial charge >= 0.3 is 0 Å². The zero-order valence-corrected chi connectivity index (χ0v) is 15.1. The topological polar surface area (TPSA) is 9.23 Å². The normalized spacial score (nSPS) is 47.1. The van der Waals surface area contributed by atoms with Gasteiger partial charge in [0.25, 0.3) is 0 Å². The van der Waals surface area contributed by atoms with Crippen LogP contribution in [0.2, 0.25) is 0 Å². The number of ether oxygens (including phenoxy) is 1. The summed E-state index contributed by atoms with van der Waals surface area (Å²) in [5.41, 5.74) is 2.48. The van der Waals surface area contributed by atoms with Crippen LogP contribution in [0.5, 0.6) is 0 Å². The summed E-state index contributed by atoms with van der Waals surface area (Å²) in [6.45, 7) is 0. The second-order valence-electron chi connectivity index (χ2n) is 7.22. The molecule has 0 bridgehead atoms. The molecule has 0 N–H and O–H groups in total. The van der Waals surface area contributed by atoms with Gasteiger partial charge in [0.05, 0.1) is 0 Å². The molecular formula is C16H20Cl4O. The maximum Gasteiger partial charge on any atom is 0.153 e. The lowest BCUT2D eigenvalue weighted by Crippen LogP contribution is -2.40. The number of methoxy groups -OCH3 is 1. The van der Waals surface area contributed by atoms with Gasteiger partial charge in [-0.25, -0.2) is 0 Å². The Kier molecular flexibility index (Phi) is 3.44. The van der Waals surface area contributed by atoms with Crippen molar-refractivity contribution in [3.8, 4) is 0 Å². The zero-order valence-electron chi connectivity index (χ0n) is 12.1. The molecule has 2 fully saturated rings. The fourth-order valence-electron chi connectivity index (χ4n) is 5.52. The monoisotopic (exact) mass is 368 g/mol. The summed E-state index contributed by atoms with van der Waals surface area (Å²) in [5, 5.41) is 0. The van der Waals surface area contributed by atoms with Gasteiger partial charge in [-0.15, -0.1) is 23.2 Å². The van der Waals surface area contributed by atoms with E-state index in [-0.39, 0.29) is 16.2 Å². The largest absolute Gasteiger partial charge is 0.374 e. The van der Waals surface area contributed by atoms with Gasteiger partial charge in [0.1, 0.15) is 10.4 Å². The van der Waals surface area contributed by atoms with E-state index in [4.69, 9.17) is 51.1 Å². The minimum atomic E-state index is -0.758. The van der Waals surface area contributed by atoms with Crippen LogP contribution in [0, 0.1) is 17.3 Å². The molecule has 118 valence electrons. The van der Waals surface area contributed by atoms with Crippen LogP contribution in [-0.2, 0) is 4.74 Å². The molecule has 0 aromatic heterocycles. The number of alkyl halides is 4. The molecule has 5 heteroatoms. The summed E-state index contributed by atoms with van der Waals surface area (Å²) in [4.78, 5) is -0.348. The Morgan fingerprint density at radius 1 is 1.19 bits per heavy atom. The van der Waals surface area contributed by atoms with Crippen LogP contribution >= 0.6 is 46.4 Å². The highest BCUT2D eigenvalue weighted by atomic mass is 35.5. The molecule has 4 atom stereocenters.